The minimum Gasteiger partial charge on any atom is -0.503 e. The number of fused-ring (bicyclic) bond motifs is 14. The minimum absolute atomic E-state index is 0. The Morgan fingerprint density at radius 1 is 0.623 bits per heavy atom. The molecule has 11 aromatic rings. The van der Waals surface area contributed by atoms with E-state index >= 15 is 0 Å². The molecule has 5 aromatic heterocycles. The summed E-state index contributed by atoms with van der Waals surface area (Å²) in [6, 6.07) is 48.9. The predicted molar refractivity (Wildman–Crippen MR) is 210 cm³/mol. The van der Waals surface area contributed by atoms with Gasteiger partial charge in [0.05, 0.1) is 16.7 Å². The van der Waals surface area contributed by atoms with Crippen LogP contribution in [0, 0.1) is 12.1 Å². The maximum Gasteiger partial charge on any atom is 2.00 e. The number of para-hydroxylation sites is 4. The van der Waals surface area contributed by atoms with Crippen molar-refractivity contribution >= 4 is 82.1 Å². The van der Waals surface area contributed by atoms with Crippen LogP contribution in [0.1, 0.15) is 26.3 Å². The van der Waals surface area contributed by atoms with Crippen molar-refractivity contribution in [2.45, 2.75) is 26.2 Å². The van der Waals surface area contributed by atoms with E-state index in [1.807, 2.05) is 36.5 Å². The number of nitrogens with zero attached hydrogens (tertiary/aromatic N) is 4. The third-order valence-electron chi connectivity index (χ3n) is 10.3. The molecule has 0 bridgehead atoms. The Hall–Kier alpha value is -5.97. The first kappa shape index (κ1) is 31.7. The Kier molecular flexibility index (Phi) is 6.90. The maximum atomic E-state index is 6.60. The average molecular weight is 866 g/mol. The van der Waals surface area contributed by atoms with Gasteiger partial charge in [-0.25, -0.2) is 4.98 Å². The molecule has 0 fully saturated rings. The van der Waals surface area contributed by atoms with Gasteiger partial charge in [-0.2, -0.15) is 6.07 Å². The zero-order valence-corrected chi connectivity index (χ0v) is 31.3. The molecule has 0 aliphatic carbocycles. The molecule has 0 N–H and O–H groups in total. The molecule has 6 aromatic carbocycles. The van der Waals surface area contributed by atoms with Gasteiger partial charge in [0.15, 0.2) is 0 Å². The van der Waals surface area contributed by atoms with Crippen LogP contribution in [0.4, 0.5) is 0 Å². The van der Waals surface area contributed by atoms with Crippen LogP contribution in [0.25, 0.3) is 87.9 Å². The van der Waals surface area contributed by atoms with Crippen LogP contribution in [-0.2, 0) is 26.5 Å². The number of rotatable bonds is 3. The van der Waals surface area contributed by atoms with Crippen molar-refractivity contribution in [3.05, 3.63) is 145 Å². The quantitative estimate of drug-likeness (QED) is 0.131. The van der Waals surface area contributed by atoms with Crippen molar-refractivity contribution in [2.24, 2.45) is 0 Å². The molecule has 0 aliphatic rings. The fourth-order valence-electron chi connectivity index (χ4n) is 7.83. The second-order valence-electron chi connectivity index (χ2n) is 14.5. The van der Waals surface area contributed by atoms with Gasteiger partial charge in [0.2, 0.25) is 0 Å². The number of aromatic nitrogens is 4. The van der Waals surface area contributed by atoms with E-state index in [2.05, 4.69) is 133 Å². The van der Waals surface area contributed by atoms with Gasteiger partial charge in [-0.05, 0) is 70.3 Å². The molecule has 0 radical (unpaired) electrons. The zero-order chi connectivity index (χ0) is 34.7. The van der Waals surface area contributed by atoms with E-state index in [1.165, 1.54) is 5.56 Å². The van der Waals surface area contributed by atoms with E-state index in [4.69, 9.17) is 19.1 Å². The topological polar surface area (TPSA) is 57.5 Å². The molecular formula is C46H30N4O2Pt. The molecular weight excluding hydrogens is 836 g/mol. The van der Waals surface area contributed by atoms with Crippen LogP contribution in [0.5, 0.6) is 11.5 Å². The normalized spacial score (nSPS) is 12.3. The van der Waals surface area contributed by atoms with Gasteiger partial charge in [-0.3, -0.25) is 4.98 Å². The number of pyridine rings is 2. The standard InChI is InChI=1S/C46H30N4O2.Pt/c1-46(2,3)27-20-21-47-44(22-27)49-38-13-7-4-10-31(38)32-19-17-29(24-40(32)49)51-28-16-18-30-34-26-43-35(33-11-5-9-15-42(33)52-43)25-41(34)50-39-14-8-6-12-37(39)48-45(50)36(30)23-28;/h4-22,25-26H,1-3H3;/q-2;+2. The number of imidazole rings is 1. The molecule has 53 heavy (non-hydrogen) atoms. The van der Waals surface area contributed by atoms with E-state index in [1.54, 1.807) is 0 Å². The van der Waals surface area contributed by atoms with E-state index in [0.29, 0.717) is 11.5 Å². The van der Waals surface area contributed by atoms with Crippen molar-refractivity contribution < 1.29 is 30.2 Å². The van der Waals surface area contributed by atoms with Crippen molar-refractivity contribution in [1.82, 2.24) is 18.9 Å². The number of ether oxygens (including phenoxy) is 1. The first-order chi connectivity index (χ1) is 25.4. The third kappa shape index (κ3) is 4.75. The molecule has 0 unspecified atom stereocenters. The van der Waals surface area contributed by atoms with Gasteiger partial charge in [0.1, 0.15) is 17.0 Å². The van der Waals surface area contributed by atoms with Gasteiger partial charge in [-0.15, -0.1) is 29.7 Å². The second kappa shape index (κ2) is 11.5. The zero-order valence-electron chi connectivity index (χ0n) is 29.0. The Labute approximate surface area is 318 Å². The molecule has 5 heterocycles. The number of benzene rings is 6. The SMILES string of the molecule is CC(C)(C)c1ccnc(-n2c3[c-]c(Oc4[c-]c5c(cc4)c4cc6oc7ccccc7c6cc4n4c6ccccc6nc54)ccc3c3ccccc32)c1.[Pt+2]. The van der Waals surface area contributed by atoms with Gasteiger partial charge in [-0.1, -0.05) is 91.7 Å². The second-order valence-corrected chi connectivity index (χ2v) is 14.5. The predicted octanol–water partition coefficient (Wildman–Crippen LogP) is 11.9. The minimum atomic E-state index is -0.0180. The summed E-state index contributed by atoms with van der Waals surface area (Å²) in [7, 11) is 0. The monoisotopic (exact) mass is 865 g/mol. The molecule has 7 heteroatoms. The Morgan fingerprint density at radius 3 is 2.21 bits per heavy atom. The smallest absolute Gasteiger partial charge is 0.503 e. The van der Waals surface area contributed by atoms with Gasteiger partial charge in [0.25, 0.3) is 0 Å². The summed E-state index contributed by atoms with van der Waals surface area (Å²) in [5.41, 5.74) is 8.73. The van der Waals surface area contributed by atoms with E-state index in [0.717, 1.165) is 87.9 Å². The fourth-order valence-corrected chi connectivity index (χ4v) is 7.83. The van der Waals surface area contributed by atoms with Gasteiger partial charge < -0.3 is 18.1 Å². The molecule has 0 atom stereocenters. The van der Waals surface area contributed by atoms with Crippen LogP contribution >= 0.6 is 0 Å². The molecule has 6 nitrogen and oxygen atoms in total. The van der Waals surface area contributed by atoms with Crippen LogP contribution in [0.2, 0.25) is 0 Å². The summed E-state index contributed by atoms with van der Waals surface area (Å²) in [5.74, 6) is 2.02. The first-order valence-electron chi connectivity index (χ1n) is 17.5. The number of furan rings is 1. The van der Waals surface area contributed by atoms with Crippen molar-refractivity contribution in [2.75, 3.05) is 0 Å². The largest absolute Gasteiger partial charge is 2.00 e. The first-order valence-corrected chi connectivity index (χ1v) is 17.5. The molecule has 256 valence electrons. The van der Waals surface area contributed by atoms with Crippen molar-refractivity contribution in [1.29, 1.82) is 0 Å². The average Bonchev–Trinajstić information content (AvgIpc) is 3.83. The summed E-state index contributed by atoms with van der Waals surface area (Å²) >= 11 is 0. The molecule has 11 rings (SSSR count). The van der Waals surface area contributed by atoms with Crippen molar-refractivity contribution in [3.63, 3.8) is 0 Å². The van der Waals surface area contributed by atoms with Crippen LogP contribution in [0.3, 0.4) is 0 Å². The van der Waals surface area contributed by atoms with Crippen molar-refractivity contribution in [3.8, 4) is 17.3 Å². The number of hydrogen-bond acceptors (Lipinski definition) is 4. The summed E-state index contributed by atoms with van der Waals surface area (Å²) in [4.78, 5) is 9.97. The van der Waals surface area contributed by atoms with E-state index < -0.39 is 0 Å². The molecule has 0 aliphatic heterocycles. The summed E-state index contributed by atoms with van der Waals surface area (Å²) in [6.45, 7) is 6.66. The number of hydrogen-bond donors (Lipinski definition) is 0. The summed E-state index contributed by atoms with van der Waals surface area (Å²) in [6.07, 6.45) is 1.89. The maximum absolute atomic E-state index is 6.60. The van der Waals surface area contributed by atoms with Gasteiger partial charge in [0, 0.05) is 39.5 Å². The molecule has 0 saturated heterocycles. The summed E-state index contributed by atoms with van der Waals surface area (Å²) < 4.78 is 17.4. The fraction of sp³-hybridized carbons (Fsp3) is 0.0870. The molecule has 0 spiro atoms. The van der Waals surface area contributed by atoms with Gasteiger partial charge >= 0.3 is 21.1 Å². The molecule has 0 saturated carbocycles. The van der Waals surface area contributed by atoms with E-state index in [-0.39, 0.29) is 26.5 Å². The summed E-state index contributed by atoms with van der Waals surface area (Å²) in [5, 5.41) is 7.35. The van der Waals surface area contributed by atoms with Crippen LogP contribution < -0.4 is 4.74 Å². The Morgan fingerprint density at radius 2 is 1.36 bits per heavy atom. The van der Waals surface area contributed by atoms with Crippen LogP contribution in [-0.4, -0.2) is 18.9 Å². The van der Waals surface area contributed by atoms with Crippen LogP contribution in [0.15, 0.2) is 132 Å². The van der Waals surface area contributed by atoms with E-state index in [9.17, 15) is 0 Å². The Balaban J connectivity index is 0.00000349. The third-order valence-corrected chi connectivity index (χ3v) is 10.3. The molecule has 0 amide bonds. The Bertz CT molecular complexity index is 3270.